The van der Waals surface area contributed by atoms with E-state index in [9.17, 15) is 19.2 Å². The van der Waals surface area contributed by atoms with E-state index in [0.29, 0.717) is 5.69 Å². The summed E-state index contributed by atoms with van der Waals surface area (Å²) in [4.78, 5) is 54.7. The maximum atomic E-state index is 12.5. The van der Waals surface area contributed by atoms with E-state index in [4.69, 9.17) is 10.8 Å². The number of carboxylic acids is 1. The lowest BCUT2D eigenvalue weighted by Crippen LogP contribution is -2.54. The van der Waals surface area contributed by atoms with Crippen LogP contribution < -0.4 is 21.7 Å². The van der Waals surface area contributed by atoms with E-state index in [1.54, 1.807) is 30.5 Å². The van der Waals surface area contributed by atoms with Gasteiger partial charge in [-0.3, -0.25) is 19.2 Å². The van der Waals surface area contributed by atoms with Crippen LogP contribution in [0.5, 0.6) is 0 Å². The zero-order valence-electron chi connectivity index (χ0n) is 17.0. The number of aromatic nitrogens is 2. The number of aliphatic carboxylic acids is 1. The molecule has 11 nitrogen and oxygen atoms in total. The Kier molecular flexibility index (Phi) is 8.70. The number of imidazole rings is 1. The quantitative estimate of drug-likeness (QED) is 0.257. The number of carbonyl (C=O) groups excluding carboxylic acids is 3. The normalized spacial score (nSPS) is 13.5. The maximum absolute atomic E-state index is 12.5. The lowest BCUT2D eigenvalue weighted by Gasteiger charge is -2.20. The van der Waals surface area contributed by atoms with Gasteiger partial charge in [0.1, 0.15) is 12.1 Å². The molecule has 0 aliphatic carbocycles. The smallest absolute Gasteiger partial charge is 0.325 e. The molecule has 1 aromatic carbocycles. The zero-order chi connectivity index (χ0) is 22.8. The Hall–Kier alpha value is -3.73. The lowest BCUT2D eigenvalue weighted by atomic mass is 10.0. The van der Waals surface area contributed by atoms with Crippen LogP contribution in [0.3, 0.4) is 0 Å². The van der Waals surface area contributed by atoms with Gasteiger partial charge in [0.25, 0.3) is 0 Å². The minimum Gasteiger partial charge on any atom is -0.480 e. The summed E-state index contributed by atoms with van der Waals surface area (Å²) < 4.78 is 0. The minimum atomic E-state index is -1.20. The summed E-state index contributed by atoms with van der Waals surface area (Å²) in [5, 5.41) is 16.3. The molecule has 2 aromatic rings. The van der Waals surface area contributed by atoms with E-state index in [0.717, 1.165) is 5.56 Å². The molecule has 0 saturated carbocycles. The molecule has 2 rings (SSSR count). The van der Waals surface area contributed by atoms with Gasteiger partial charge in [0.05, 0.1) is 18.9 Å². The second-order valence-electron chi connectivity index (χ2n) is 6.98. The standard InChI is InChI=1S/C20H26N6O5/c1-12(20(30)31)25-19(29)16(7-13-5-3-2-4-6-13)26-17(27)10-23-18(28)15(21)8-14-9-22-11-24-14/h2-6,9,11-12,15-16H,7-8,10,21H2,1H3,(H,22,24)(H,23,28)(H,25,29)(H,26,27)(H,30,31). The van der Waals surface area contributed by atoms with Crippen LogP contribution in [0.4, 0.5) is 0 Å². The number of nitrogens with one attached hydrogen (secondary N) is 4. The molecule has 3 amide bonds. The van der Waals surface area contributed by atoms with Gasteiger partial charge in [-0.2, -0.15) is 0 Å². The van der Waals surface area contributed by atoms with Crippen LogP contribution >= 0.6 is 0 Å². The summed E-state index contributed by atoms with van der Waals surface area (Å²) >= 11 is 0. The van der Waals surface area contributed by atoms with Gasteiger partial charge in [-0.15, -0.1) is 0 Å². The summed E-state index contributed by atoms with van der Waals surface area (Å²) in [6.45, 7) is 0.936. The molecule has 0 aliphatic heterocycles. The minimum absolute atomic E-state index is 0.151. The largest absolute Gasteiger partial charge is 0.480 e. The average molecular weight is 430 g/mol. The summed E-state index contributed by atoms with van der Waals surface area (Å²) in [5.74, 6) is -2.99. The molecule has 3 atom stereocenters. The predicted molar refractivity (Wildman–Crippen MR) is 111 cm³/mol. The first-order valence-corrected chi connectivity index (χ1v) is 9.63. The maximum Gasteiger partial charge on any atom is 0.325 e. The number of hydrogen-bond donors (Lipinski definition) is 6. The molecule has 11 heteroatoms. The number of rotatable bonds is 11. The molecule has 0 bridgehead atoms. The number of aromatic amines is 1. The van der Waals surface area contributed by atoms with Crippen molar-refractivity contribution in [3.63, 3.8) is 0 Å². The van der Waals surface area contributed by atoms with Crippen LogP contribution in [0, 0.1) is 0 Å². The van der Waals surface area contributed by atoms with E-state index >= 15 is 0 Å². The Morgan fingerprint density at radius 3 is 2.42 bits per heavy atom. The van der Waals surface area contributed by atoms with Crippen molar-refractivity contribution in [2.75, 3.05) is 6.54 Å². The predicted octanol–water partition coefficient (Wildman–Crippen LogP) is -1.29. The van der Waals surface area contributed by atoms with E-state index in [-0.39, 0.29) is 19.4 Å². The number of H-pyrrole nitrogens is 1. The molecule has 31 heavy (non-hydrogen) atoms. The van der Waals surface area contributed by atoms with Gasteiger partial charge < -0.3 is 31.8 Å². The van der Waals surface area contributed by atoms with Crippen molar-refractivity contribution in [3.8, 4) is 0 Å². The van der Waals surface area contributed by atoms with Crippen molar-refractivity contribution in [3.05, 3.63) is 54.1 Å². The number of carboxylic acid groups (broad SMARTS) is 1. The molecule has 1 heterocycles. The fraction of sp³-hybridized carbons (Fsp3) is 0.350. The Morgan fingerprint density at radius 2 is 1.81 bits per heavy atom. The average Bonchev–Trinajstić information content (AvgIpc) is 3.25. The van der Waals surface area contributed by atoms with Gasteiger partial charge in [0.2, 0.25) is 17.7 Å². The number of nitrogens with two attached hydrogens (primary N) is 1. The number of hydrogen-bond acceptors (Lipinski definition) is 6. The number of amides is 3. The first-order valence-electron chi connectivity index (χ1n) is 9.63. The first-order chi connectivity index (χ1) is 14.8. The van der Waals surface area contributed by atoms with E-state index < -0.39 is 41.8 Å². The third kappa shape index (κ3) is 7.90. The first kappa shape index (κ1) is 23.5. The molecule has 3 unspecified atom stereocenters. The Bertz CT molecular complexity index is 887. The van der Waals surface area contributed by atoms with Crippen molar-refractivity contribution >= 4 is 23.7 Å². The molecular weight excluding hydrogens is 404 g/mol. The van der Waals surface area contributed by atoms with Crippen LogP contribution in [-0.4, -0.2) is 63.4 Å². The second-order valence-corrected chi connectivity index (χ2v) is 6.98. The second kappa shape index (κ2) is 11.5. The van der Waals surface area contributed by atoms with Crippen LogP contribution in [0.1, 0.15) is 18.2 Å². The Morgan fingerprint density at radius 1 is 1.10 bits per heavy atom. The number of benzene rings is 1. The van der Waals surface area contributed by atoms with Crippen LogP contribution in [0.2, 0.25) is 0 Å². The van der Waals surface area contributed by atoms with Crippen molar-refractivity contribution in [1.82, 2.24) is 25.9 Å². The van der Waals surface area contributed by atoms with Gasteiger partial charge >= 0.3 is 5.97 Å². The summed E-state index contributed by atoms with van der Waals surface area (Å²) in [6, 6.07) is 5.92. The molecule has 0 radical (unpaired) electrons. The van der Waals surface area contributed by atoms with Gasteiger partial charge in [-0.05, 0) is 12.5 Å². The molecule has 166 valence electrons. The third-order valence-corrected chi connectivity index (χ3v) is 4.42. The molecule has 0 saturated heterocycles. The van der Waals surface area contributed by atoms with E-state index in [1.807, 2.05) is 6.07 Å². The molecule has 0 aliphatic rings. The monoisotopic (exact) mass is 430 g/mol. The molecule has 0 spiro atoms. The van der Waals surface area contributed by atoms with Crippen molar-refractivity contribution in [1.29, 1.82) is 0 Å². The lowest BCUT2D eigenvalue weighted by molar-refractivity contribution is -0.141. The summed E-state index contributed by atoms with van der Waals surface area (Å²) in [6.07, 6.45) is 3.39. The van der Waals surface area contributed by atoms with Crippen molar-refractivity contribution in [2.45, 2.75) is 37.9 Å². The van der Waals surface area contributed by atoms with Crippen molar-refractivity contribution in [2.24, 2.45) is 5.73 Å². The van der Waals surface area contributed by atoms with Crippen LogP contribution in [-0.2, 0) is 32.0 Å². The SMILES string of the molecule is CC(NC(=O)C(Cc1ccccc1)NC(=O)CNC(=O)C(N)Cc1cnc[nH]1)C(=O)O. The van der Waals surface area contributed by atoms with Gasteiger partial charge in [0, 0.05) is 24.7 Å². The highest BCUT2D eigenvalue weighted by Crippen LogP contribution is 2.04. The fourth-order valence-electron chi connectivity index (χ4n) is 2.70. The molecular formula is C20H26N6O5. The molecule has 0 fully saturated rings. The Balaban J connectivity index is 1.93. The number of carbonyl (C=O) groups is 4. The van der Waals surface area contributed by atoms with Gasteiger partial charge in [-0.1, -0.05) is 30.3 Å². The Labute approximate surface area is 178 Å². The van der Waals surface area contributed by atoms with Crippen molar-refractivity contribution < 1.29 is 24.3 Å². The van der Waals surface area contributed by atoms with Gasteiger partial charge in [-0.25, -0.2) is 4.98 Å². The highest BCUT2D eigenvalue weighted by molar-refractivity contribution is 5.92. The molecule has 7 N–H and O–H groups in total. The van der Waals surface area contributed by atoms with E-state index in [1.165, 1.54) is 13.3 Å². The van der Waals surface area contributed by atoms with Gasteiger partial charge in [0.15, 0.2) is 0 Å². The van der Waals surface area contributed by atoms with Crippen LogP contribution in [0.15, 0.2) is 42.9 Å². The highest BCUT2D eigenvalue weighted by Gasteiger charge is 2.25. The van der Waals surface area contributed by atoms with Crippen LogP contribution in [0.25, 0.3) is 0 Å². The van der Waals surface area contributed by atoms with E-state index in [2.05, 4.69) is 25.9 Å². The molecule has 1 aromatic heterocycles. The topological polar surface area (TPSA) is 179 Å². The number of nitrogens with zero attached hydrogens (tertiary/aromatic N) is 1. The highest BCUT2D eigenvalue weighted by atomic mass is 16.4. The summed E-state index contributed by atoms with van der Waals surface area (Å²) in [7, 11) is 0. The third-order valence-electron chi connectivity index (χ3n) is 4.42. The fourth-order valence-corrected chi connectivity index (χ4v) is 2.70. The summed E-state index contributed by atoms with van der Waals surface area (Å²) in [5.41, 5.74) is 7.27. The zero-order valence-corrected chi connectivity index (χ0v) is 17.0.